The Labute approximate surface area is 160 Å². The third kappa shape index (κ3) is 4.15. The monoisotopic (exact) mass is 384 g/mol. The molecule has 138 valence electrons. The maximum atomic E-state index is 12.6. The fraction of sp³-hybridized carbons (Fsp3) is 0.158. The first-order chi connectivity index (χ1) is 13.0. The number of carbonyl (C=O) groups excluding carboxylic acids is 1. The van der Waals surface area contributed by atoms with E-state index < -0.39 is 4.92 Å². The van der Waals surface area contributed by atoms with E-state index in [0.29, 0.717) is 34.2 Å². The second kappa shape index (κ2) is 8.01. The van der Waals surface area contributed by atoms with Crippen LogP contribution in [0.5, 0.6) is 0 Å². The van der Waals surface area contributed by atoms with Crippen molar-refractivity contribution in [3.8, 4) is 16.9 Å². The van der Waals surface area contributed by atoms with E-state index in [2.05, 4.69) is 10.4 Å². The molecule has 0 unspecified atom stereocenters. The van der Waals surface area contributed by atoms with Gasteiger partial charge in [-0.25, -0.2) is 4.68 Å². The molecule has 7 nitrogen and oxygen atoms in total. The minimum atomic E-state index is -0.459. The van der Waals surface area contributed by atoms with Crippen molar-refractivity contribution in [3.05, 3.63) is 75.4 Å². The van der Waals surface area contributed by atoms with Gasteiger partial charge in [-0.05, 0) is 48.9 Å². The third-order valence-corrected chi connectivity index (χ3v) is 4.17. The smallest absolute Gasteiger partial charge is 0.270 e. The SMILES string of the molecule is CCCNC(=O)c1cc(-c2ccc([N+](=O)[O-])cc2)nn1-c1ccc(Cl)cc1. The van der Waals surface area contributed by atoms with E-state index in [0.717, 1.165) is 6.42 Å². The third-order valence-electron chi connectivity index (χ3n) is 3.92. The van der Waals surface area contributed by atoms with Gasteiger partial charge in [-0.1, -0.05) is 18.5 Å². The van der Waals surface area contributed by atoms with Gasteiger partial charge in [0.2, 0.25) is 0 Å². The highest BCUT2D eigenvalue weighted by molar-refractivity contribution is 6.30. The van der Waals surface area contributed by atoms with Gasteiger partial charge in [0.25, 0.3) is 11.6 Å². The van der Waals surface area contributed by atoms with E-state index in [1.807, 2.05) is 6.92 Å². The van der Waals surface area contributed by atoms with Crippen LogP contribution in [-0.4, -0.2) is 27.2 Å². The molecule has 1 aromatic heterocycles. The number of benzene rings is 2. The summed E-state index contributed by atoms with van der Waals surface area (Å²) in [6.07, 6.45) is 0.816. The number of nitro benzene ring substituents is 1. The molecule has 2 aromatic carbocycles. The summed E-state index contributed by atoms with van der Waals surface area (Å²) in [4.78, 5) is 22.9. The topological polar surface area (TPSA) is 90.1 Å². The zero-order chi connectivity index (χ0) is 19.4. The number of non-ortho nitro benzene ring substituents is 1. The molecule has 0 atom stereocenters. The van der Waals surface area contributed by atoms with E-state index >= 15 is 0 Å². The van der Waals surface area contributed by atoms with E-state index in [-0.39, 0.29) is 11.6 Å². The molecule has 1 N–H and O–H groups in total. The van der Waals surface area contributed by atoms with Crippen molar-refractivity contribution < 1.29 is 9.72 Å². The Kier molecular flexibility index (Phi) is 5.52. The number of halogens is 1. The Hall–Kier alpha value is -3.19. The van der Waals surface area contributed by atoms with Crippen LogP contribution < -0.4 is 5.32 Å². The largest absolute Gasteiger partial charge is 0.351 e. The average Bonchev–Trinajstić information content (AvgIpc) is 3.12. The number of hydrogen-bond acceptors (Lipinski definition) is 4. The zero-order valence-electron chi connectivity index (χ0n) is 14.6. The van der Waals surface area contributed by atoms with Gasteiger partial charge < -0.3 is 5.32 Å². The van der Waals surface area contributed by atoms with Gasteiger partial charge in [-0.3, -0.25) is 14.9 Å². The molecule has 0 radical (unpaired) electrons. The van der Waals surface area contributed by atoms with Gasteiger partial charge in [0.15, 0.2) is 0 Å². The van der Waals surface area contributed by atoms with Crippen molar-refractivity contribution in [2.24, 2.45) is 0 Å². The second-order valence-corrected chi connectivity index (χ2v) is 6.30. The molecule has 1 amide bonds. The summed E-state index contributed by atoms with van der Waals surface area (Å²) in [6, 6.07) is 14.7. The van der Waals surface area contributed by atoms with Crippen LogP contribution >= 0.6 is 11.6 Å². The van der Waals surface area contributed by atoms with E-state index in [9.17, 15) is 14.9 Å². The lowest BCUT2D eigenvalue weighted by atomic mass is 10.1. The Morgan fingerprint density at radius 2 is 1.85 bits per heavy atom. The first-order valence-electron chi connectivity index (χ1n) is 8.38. The zero-order valence-corrected chi connectivity index (χ0v) is 15.3. The average molecular weight is 385 g/mol. The van der Waals surface area contributed by atoms with Gasteiger partial charge in [-0.15, -0.1) is 0 Å². The van der Waals surface area contributed by atoms with Crippen molar-refractivity contribution in [2.45, 2.75) is 13.3 Å². The van der Waals surface area contributed by atoms with Crippen LogP contribution in [0.4, 0.5) is 5.69 Å². The molecule has 8 heteroatoms. The number of hydrogen-bond donors (Lipinski definition) is 1. The molecule has 0 saturated carbocycles. The van der Waals surface area contributed by atoms with Crippen LogP contribution in [0.15, 0.2) is 54.6 Å². The molecule has 27 heavy (non-hydrogen) atoms. The van der Waals surface area contributed by atoms with Gasteiger partial charge in [0.05, 0.1) is 16.3 Å². The lowest BCUT2D eigenvalue weighted by molar-refractivity contribution is -0.384. The van der Waals surface area contributed by atoms with Gasteiger partial charge in [0.1, 0.15) is 5.69 Å². The van der Waals surface area contributed by atoms with Crippen molar-refractivity contribution in [1.29, 1.82) is 0 Å². The van der Waals surface area contributed by atoms with Crippen molar-refractivity contribution >= 4 is 23.2 Å². The number of aromatic nitrogens is 2. The number of amides is 1. The number of carbonyl (C=O) groups is 1. The summed E-state index contributed by atoms with van der Waals surface area (Å²) in [7, 11) is 0. The van der Waals surface area contributed by atoms with E-state index in [4.69, 9.17) is 11.6 Å². The summed E-state index contributed by atoms with van der Waals surface area (Å²) in [5, 5.41) is 18.8. The van der Waals surface area contributed by atoms with Gasteiger partial charge >= 0.3 is 0 Å². The Morgan fingerprint density at radius 1 is 1.19 bits per heavy atom. The highest BCUT2D eigenvalue weighted by Gasteiger charge is 2.18. The molecule has 0 saturated heterocycles. The quantitative estimate of drug-likeness (QED) is 0.508. The molecular formula is C19H17ClN4O3. The summed E-state index contributed by atoms with van der Waals surface area (Å²) in [6.45, 7) is 2.52. The predicted molar refractivity (Wildman–Crippen MR) is 103 cm³/mol. The Morgan fingerprint density at radius 3 is 2.44 bits per heavy atom. The first-order valence-corrected chi connectivity index (χ1v) is 8.76. The highest BCUT2D eigenvalue weighted by atomic mass is 35.5. The minimum absolute atomic E-state index is 0.00297. The Balaban J connectivity index is 2.04. The number of nitro groups is 1. The van der Waals surface area contributed by atoms with Crippen molar-refractivity contribution in [3.63, 3.8) is 0 Å². The lowest BCUT2D eigenvalue weighted by Gasteiger charge is -2.07. The Bertz CT molecular complexity index is 966. The highest BCUT2D eigenvalue weighted by Crippen LogP contribution is 2.24. The molecule has 0 spiro atoms. The first kappa shape index (κ1) is 18.6. The van der Waals surface area contributed by atoms with Crippen LogP contribution in [0.3, 0.4) is 0 Å². The maximum absolute atomic E-state index is 12.6. The standard InChI is InChI=1S/C19H17ClN4O3/c1-2-11-21-19(25)18-12-17(13-3-7-16(8-4-13)24(26)27)22-23(18)15-9-5-14(20)6-10-15/h3-10,12H,2,11H2,1H3,(H,21,25). The summed E-state index contributed by atoms with van der Waals surface area (Å²) < 4.78 is 1.54. The minimum Gasteiger partial charge on any atom is -0.351 e. The van der Waals surface area contributed by atoms with Gasteiger partial charge in [-0.2, -0.15) is 5.10 Å². The fourth-order valence-electron chi connectivity index (χ4n) is 2.55. The number of nitrogens with one attached hydrogen (secondary N) is 1. The van der Waals surface area contributed by atoms with Crippen LogP contribution in [0.25, 0.3) is 16.9 Å². The summed E-state index contributed by atoms with van der Waals surface area (Å²) in [5.41, 5.74) is 2.28. The van der Waals surface area contributed by atoms with Crippen LogP contribution in [0.2, 0.25) is 5.02 Å². The lowest BCUT2D eigenvalue weighted by Crippen LogP contribution is -2.26. The second-order valence-electron chi connectivity index (χ2n) is 5.86. The van der Waals surface area contributed by atoms with Crippen molar-refractivity contribution in [2.75, 3.05) is 6.54 Å². The molecule has 0 fully saturated rings. The molecule has 0 aliphatic heterocycles. The maximum Gasteiger partial charge on any atom is 0.270 e. The van der Waals surface area contributed by atoms with Gasteiger partial charge in [0, 0.05) is 29.3 Å². The van der Waals surface area contributed by atoms with E-state index in [1.54, 1.807) is 42.5 Å². The number of nitrogens with zero attached hydrogens (tertiary/aromatic N) is 3. The molecule has 0 bridgehead atoms. The van der Waals surface area contributed by atoms with Crippen LogP contribution in [0, 0.1) is 10.1 Å². The molecular weight excluding hydrogens is 368 g/mol. The number of rotatable bonds is 6. The molecule has 0 aliphatic carbocycles. The van der Waals surface area contributed by atoms with Crippen molar-refractivity contribution in [1.82, 2.24) is 15.1 Å². The normalized spacial score (nSPS) is 10.6. The van der Waals surface area contributed by atoms with Crippen LogP contribution in [0.1, 0.15) is 23.8 Å². The van der Waals surface area contributed by atoms with Crippen LogP contribution in [-0.2, 0) is 0 Å². The summed E-state index contributed by atoms with van der Waals surface area (Å²) >= 11 is 5.95. The molecule has 1 heterocycles. The fourth-order valence-corrected chi connectivity index (χ4v) is 2.67. The predicted octanol–water partition coefficient (Wildman–Crippen LogP) is 4.24. The molecule has 3 aromatic rings. The summed E-state index contributed by atoms with van der Waals surface area (Å²) in [5.74, 6) is -0.243. The molecule has 0 aliphatic rings. The van der Waals surface area contributed by atoms with E-state index in [1.165, 1.54) is 16.8 Å². The molecule has 3 rings (SSSR count).